The molecule has 1 fully saturated rings. The number of aryl methyl sites for hydroxylation is 1. The number of ether oxygens (including phenoxy) is 2. The third-order valence-electron chi connectivity index (χ3n) is 5.42. The molecule has 8 heteroatoms. The summed E-state index contributed by atoms with van der Waals surface area (Å²) in [5.41, 5.74) is 2.66. The lowest BCUT2D eigenvalue weighted by Gasteiger charge is -2.26. The van der Waals surface area contributed by atoms with Gasteiger partial charge >= 0.3 is 0 Å². The van der Waals surface area contributed by atoms with E-state index in [9.17, 15) is 13.2 Å². The predicted octanol–water partition coefficient (Wildman–Crippen LogP) is 3.85. The average Bonchev–Trinajstić information content (AvgIpc) is 2.85. The Hall–Kier alpha value is -3.20. The number of hydrogen-bond donors (Lipinski definition) is 1. The highest BCUT2D eigenvalue weighted by atomic mass is 32.2. The second-order valence-corrected chi connectivity index (χ2v) is 9.68. The molecule has 1 N–H and O–H groups in total. The normalized spacial score (nSPS) is 14.6. The molecule has 4 rings (SSSR count). The highest BCUT2D eigenvalue weighted by Gasteiger charge is 2.27. The van der Waals surface area contributed by atoms with Gasteiger partial charge in [0, 0.05) is 24.3 Å². The van der Waals surface area contributed by atoms with Crippen molar-refractivity contribution < 1.29 is 22.7 Å². The molecule has 0 aromatic heterocycles. The maximum atomic E-state index is 13.0. The lowest BCUT2D eigenvalue weighted by atomic mass is 10.1. The molecule has 1 heterocycles. The minimum Gasteiger partial charge on any atom is -0.489 e. The number of nitrogens with one attached hydrogen (secondary N) is 1. The molecule has 1 amide bonds. The Morgan fingerprint density at radius 3 is 2.39 bits per heavy atom. The molecule has 0 aliphatic carbocycles. The van der Waals surface area contributed by atoms with E-state index in [-0.39, 0.29) is 10.8 Å². The quantitative estimate of drug-likeness (QED) is 0.572. The van der Waals surface area contributed by atoms with E-state index in [1.165, 1.54) is 16.4 Å². The van der Waals surface area contributed by atoms with Crippen molar-refractivity contribution in [3.8, 4) is 5.75 Å². The van der Waals surface area contributed by atoms with Gasteiger partial charge in [0.2, 0.25) is 10.0 Å². The first-order valence-electron chi connectivity index (χ1n) is 10.7. The van der Waals surface area contributed by atoms with Crippen LogP contribution in [0.25, 0.3) is 0 Å². The topological polar surface area (TPSA) is 84.9 Å². The Kier molecular flexibility index (Phi) is 7.08. The van der Waals surface area contributed by atoms with Gasteiger partial charge in [-0.2, -0.15) is 4.31 Å². The number of benzene rings is 3. The zero-order valence-electron chi connectivity index (χ0n) is 18.4. The number of carbonyl (C=O) groups excluding carboxylic acids is 1. The van der Waals surface area contributed by atoms with Crippen molar-refractivity contribution >= 4 is 21.6 Å². The summed E-state index contributed by atoms with van der Waals surface area (Å²) >= 11 is 0. The lowest BCUT2D eigenvalue weighted by Crippen LogP contribution is -2.40. The predicted molar refractivity (Wildman–Crippen MR) is 126 cm³/mol. The first kappa shape index (κ1) is 23.0. The number of sulfonamides is 1. The van der Waals surface area contributed by atoms with Gasteiger partial charge in [0.15, 0.2) is 0 Å². The van der Waals surface area contributed by atoms with Crippen LogP contribution in [0.2, 0.25) is 0 Å². The summed E-state index contributed by atoms with van der Waals surface area (Å²) in [5, 5.41) is 2.84. The highest BCUT2D eigenvalue weighted by Crippen LogP contribution is 2.22. The Balaban J connectivity index is 1.44. The monoisotopic (exact) mass is 466 g/mol. The summed E-state index contributed by atoms with van der Waals surface area (Å²) in [6.07, 6.45) is 0. The Morgan fingerprint density at radius 2 is 1.70 bits per heavy atom. The van der Waals surface area contributed by atoms with Crippen LogP contribution >= 0.6 is 0 Å². The molecule has 0 bridgehead atoms. The zero-order chi connectivity index (χ0) is 23.3. The van der Waals surface area contributed by atoms with Gasteiger partial charge in [-0.1, -0.05) is 36.4 Å². The molecule has 7 nitrogen and oxygen atoms in total. The van der Waals surface area contributed by atoms with E-state index in [4.69, 9.17) is 9.47 Å². The molecule has 1 aliphatic heterocycles. The summed E-state index contributed by atoms with van der Waals surface area (Å²) in [7, 11) is -3.69. The molecule has 172 valence electrons. The smallest absolute Gasteiger partial charge is 0.255 e. The SMILES string of the molecule is Cc1ccc(S(=O)(=O)N2CCOCC2)cc1C(=O)Nc1ccc(OCc2ccccc2)cc1. The molecule has 3 aromatic carbocycles. The van der Waals surface area contributed by atoms with E-state index in [0.29, 0.717) is 55.5 Å². The van der Waals surface area contributed by atoms with E-state index >= 15 is 0 Å². The summed E-state index contributed by atoms with van der Waals surface area (Å²) in [5.74, 6) is 0.316. The number of anilines is 1. The number of hydrogen-bond acceptors (Lipinski definition) is 5. The average molecular weight is 467 g/mol. The summed E-state index contributed by atoms with van der Waals surface area (Å²) in [6.45, 7) is 3.57. The number of carbonyl (C=O) groups is 1. The molecule has 0 atom stereocenters. The molecule has 0 saturated carbocycles. The minimum atomic E-state index is -3.69. The van der Waals surface area contributed by atoms with Gasteiger partial charge in [-0.15, -0.1) is 0 Å². The van der Waals surface area contributed by atoms with Gasteiger partial charge in [-0.05, 0) is 54.4 Å². The fourth-order valence-corrected chi connectivity index (χ4v) is 4.95. The van der Waals surface area contributed by atoms with Crippen LogP contribution in [-0.2, 0) is 21.4 Å². The second kappa shape index (κ2) is 10.2. The first-order chi connectivity index (χ1) is 15.9. The van der Waals surface area contributed by atoms with Crippen molar-refractivity contribution in [3.63, 3.8) is 0 Å². The zero-order valence-corrected chi connectivity index (χ0v) is 19.2. The number of nitrogens with zero attached hydrogens (tertiary/aromatic N) is 1. The maximum Gasteiger partial charge on any atom is 0.255 e. The molecular formula is C25H26N2O5S. The first-order valence-corrected chi connectivity index (χ1v) is 12.1. The standard InChI is InChI=1S/C25H26N2O5S/c1-19-7-12-23(33(29,30)27-13-15-31-16-14-27)17-24(19)25(28)26-21-8-10-22(11-9-21)32-18-20-5-3-2-4-6-20/h2-12,17H,13-16,18H2,1H3,(H,26,28). The van der Waals surface area contributed by atoms with E-state index in [2.05, 4.69) is 5.32 Å². The van der Waals surface area contributed by atoms with E-state index in [1.54, 1.807) is 37.3 Å². The van der Waals surface area contributed by atoms with Crippen molar-refractivity contribution in [2.45, 2.75) is 18.4 Å². The van der Waals surface area contributed by atoms with Gasteiger partial charge in [0.05, 0.1) is 18.1 Å². The van der Waals surface area contributed by atoms with Gasteiger partial charge in [0.25, 0.3) is 5.91 Å². The van der Waals surface area contributed by atoms with E-state index in [1.807, 2.05) is 30.3 Å². The van der Waals surface area contributed by atoms with Gasteiger partial charge in [0.1, 0.15) is 12.4 Å². The van der Waals surface area contributed by atoms with Crippen molar-refractivity contribution in [2.75, 3.05) is 31.6 Å². The fourth-order valence-electron chi connectivity index (χ4n) is 3.52. The molecular weight excluding hydrogens is 440 g/mol. The highest BCUT2D eigenvalue weighted by molar-refractivity contribution is 7.89. The fraction of sp³-hybridized carbons (Fsp3) is 0.240. The Labute approximate surface area is 194 Å². The van der Waals surface area contributed by atoms with Crippen LogP contribution in [0.4, 0.5) is 5.69 Å². The van der Waals surface area contributed by atoms with Gasteiger partial charge in [-0.3, -0.25) is 4.79 Å². The van der Waals surface area contributed by atoms with Crippen LogP contribution in [0.3, 0.4) is 0 Å². The summed E-state index contributed by atoms with van der Waals surface area (Å²) < 4.78 is 38.3. The van der Waals surface area contributed by atoms with Crippen LogP contribution in [0.15, 0.2) is 77.7 Å². The minimum absolute atomic E-state index is 0.102. The molecule has 0 spiro atoms. The summed E-state index contributed by atoms with van der Waals surface area (Å²) in [6, 6.07) is 21.6. The van der Waals surface area contributed by atoms with Crippen molar-refractivity contribution in [3.05, 3.63) is 89.5 Å². The van der Waals surface area contributed by atoms with Crippen LogP contribution in [0.5, 0.6) is 5.75 Å². The van der Waals surface area contributed by atoms with E-state index in [0.717, 1.165) is 5.56 Å². The Morgan fingerprint density at radius 1 is 1.00 bits per heavy atom. The summed E-state index contributed by atoms with van der Waals surface area (Å²) in [4.78, 5) is 13.0. The molecule has 1 saturated heterocycles. The molecule has 0 radical (unpaired) electrons. The molecule has 1 aliphatic rings. The lowest BCUT2D eigenvalue weighted by molar-refractivity contribution is 0.0730. The molecule has 0 unspecified atom stereocenters. The molecule has 33 heavy (non-hydrogen) atoms. The third-order valence-corrected chi connectivity index (χ3v) is 7.32. The number of amides is 1. The number of morpholine rings is 1. The van der Waals surface area contributed by atoms with Crippen LogP contribution < -0.4 is 10.1 Å². The van der Waals surface area contributed by atoms with Crippen molar-refractivity contribution in [2.24, 2.45) is 0 Å². The van der Waals surface area contributed by atoms with Crippen LogP contribution in [-0.4, -0.2) is 44.9 Å². The van der Waals surface area contributed by atoms with Crippen molar-refractivity contribution in [1.29, 1.82) is 0 Å². The maximum absolute atomic E-state index is 13.0. The van der Waals surface area contributed by atoms with Gasteiger partial charge < -0.3 is 14.8 Å². The number of rotatable bonds is 7. The molecule has 3 aromatic rings. The van der Waals surface area contributed by atoms with Crippen LogP contribution in [0, 0.1) is 6.92 Å². The van der Waals surface area contributed by atoms with Gasteiger partial charge in [-0.25, -0.2) is 8.42 Å². The van der Waals surface area contributed by atoms with Crippen LogP contribution in [0.1, 0.15) is 21.5 Å². The van der Waals surface area contributed by atoms with E-state index < -0.39 is 10.0 Å². The Bertz CT molecular complexity index is 1210. The third kappa shape index (κ3) is 5.60. The van der Waals surface area contributed by atoms with Crippen molar-refractivity contribution in [1.82, 2.24) is 4.31 Å². The largest absolute Gasteiger partial charge is 0.489 e. The second-order valence-electron chi connectivity index (χ2n) is 7.75.